The minimum atomic E-state index is -0.256. The van der Waals surface area contributed by atoms with E-state index in [1.807, 2.05) is 81.4 Å². The van der Waals surface area contributed by atoms with Gasteiger partial charge in [0.25, 0.3) is 5.91 Å². The van der Waals surface area contributed by atoms with E-state index < -0.39 is 0 Å². The molecule has 0 unspecified atom stereocenters. The Morgan fingerprint density at radius 1 is 1.06 bits per heavy atom. The van der Waals surface area contributed by atoms with Gasteiger partial charge in [-0.2, -0.15) is 0 Å². The Balaban J connectivity index is 1.39. The first-order valence-electron chi connectivity index (χ1n) is 11.5. The summed E-state index contributed by atoms with van der Waals surface area (Å²) in [6.07, 6.45) is 1.72. The van der Waals surface area contributed by atoms with Gasteiger partial charge in [0.1, 0.15) is 5.70 Å². The van der Waals surface area contributed by atoms with Gasteiger partial charge in [0.05, 0.1) is 11.4 Å². The standard InChI is InChI=1S/C28H25N3O4S/c1-17-7-10-21(11-8-17)31-27(33)23(13-20-9-12-24-25(14-20)35-16-34-24)30-28(31)36-15-26(32)29-22-6-4-5-18(2)19(22)3/h4-14H,15-16H2,1-3H3,(H,29,32)/b23-13-. The van der Waals surface area contributed by atoms with Crippen LogP contribution in [0.25, 0.3) is 6.08 Å². The highest BCUT2D eigenvalue weighted by atomic mass is 32.2. The Hall–Kier alpha value is -4.04. The van der Waals surface area contributed by atoms with Crippen LogP contribution in [0.3, 0.4) is 0 Å². The summed E-state index contributed by atoms with van der Waals surface area (Å²) in [5, 5.41) is 3.42. The number of hydrogen-bond donors (Lipinski definition) is 1. The van der Waals surface area contributed by atoms with Crippen molar-refractivity contribution in [3.05, 3.63) is 88.6 Å². The minimum absolute atomic E-state index is 0.110. The van der Waals surface area contributed by atoms with Crippen molar-refractivity contribution >= 4 is 46.2 Å². The Morgan fingerprint density at radius 3 is 2.64 bits per heavy atom. The van der Waals surface area contributed by atoms with Gasteiger partial charge < -0.3 is 14.8 Å². The normalized spacial score (nSPS) is 15.4. The first-order valence-corrected chi connectivity index (χ1v) is 12.5. The fraction of sp³-hybridized carbons (Fsp3) is 0.179. The van der Waals surface area contributed by atoms with Crippen LogP contribution in [0.15, 0.2) is 71.4 Å². The van der Waals surface area contributed by atoms with Crippen LogP contribution in [0, 0.1) is 20.8 Å². The summed E-state index contributed by atoms with van der Waals surface area (Å²) < 4.78 is 10.8. The van der Waals surface area contributed by atoms with Crippen molar-refractivity contribution in [1.82, 2.24) is 0 Å². The van der Waals surface area contributed by atoms with E-state index >= 15 is 0 Å². The van der Waals surface area contributed by atoms with Crippen LogP contribution in [0.5, 0.6) is 11.5 Å². The highest BCUT2D eigenvalue weighted by molar-refractivity contribution is 8.14. The van der Waals surface area contributed by atoms with Crippen molar-refractivity contribution in [2.24, 2.45) is 4.99 Å². The lowest BCUT2D eigenvalue weighted by atomic mass is 10.1. The number of nitrogens with zero attached hydrogens (tertiary/aromatic N) is 2. The van der Waals surface area contributed by atoms with E-state index in [1.54, 1.807) is 11.0 Å². The second-order valence-electron chi connectivity index (χ2n) is 8.60. The zero-order valence-electron chi connectivity index (χ0n) is 20.2. The van der Waals surface area contributed by atoms with Crippen molar-refractivity contribution in [1.29, 1.82) is 0 Å². The number of fused-ring (bicyclic) bond motifs is 1. The highest BCUT2D eigenvalue weighted by Crippen LogP contribution is 2.34. The number of amides is 2. The fourth-order valence-corrected chi connectivity index (χ4v) is 4.69. The van der Waals surface area contributed by atoms with Gasteiger partial charge in [0, 0.05) is 5.69 Å². The van der Waals surface area contributed by atoms with Crippen molar-refractivity contribution < 1.29 is 19.1 Å². The summed E-state index contributed by atoms with van der Waals surface area (Å²) in [6, 6.07) is 18.9. The van der Waals surface area contributed by atoms with Crippen LogP contribution in [0.2, 0.25) is 0 Å². The molecule has 0 atom stereocenters. The van der Waals surface area contributed by atoms with Gasteiger partial charge in [-0.05, 0) is 73.9 Å². The zero-order chi connectivity index (χ0) is 25.2. The van der Waals surface area contributed by atoms with E-state index in [1.165, 1.54) is 11.8 Å². The van der Waals surface area contributed by atoms with Crippen LogP contribution in [-0.2, 0) is 9.59 Å². The number of aryl methyl sites for hydroxylation is 2. The van der Waals surface area contributed by atoms with Crippen LogP contribution >= 0.6 is 11.8 Å². The Kier molecular flexibility index (Phi) is 6.52. The minimum Gasteiger partial charge on any atom is -0.454 e. The topological polar surface area (TPSA) is 80.2 Å². The maximum Gasteiger partial charge on any atom is 0.283 e. The number of anilines is 2. The van der Waals surface area contributed by atoms with E-state index in [0.29, 0.717) is 22.4 Å². The monoisotopic (exact) mass is 499 g/mol. The molecule has 8 heteroatoms. The predicted octanol–water partition coefficient (Wildman–Crippen LogP) is 5.46. The Morgan fingerprint density at radius 2 is 1.83 bits per heavy atom. The lowest BCUT2D eigenvalue weighted by Gasteiger charge is -2.18. The molecule has 3 aromatic carbocycles. The van der Waals surface area contributed by atoms with E-state index in [4.69, 9.17) is 9.47 Å². The molecule has 36 heavy (non-hydrogen) atoms. The Labute approximate surface area is 213 Å². The second-order valence-corrected chi connectivity index (χ2v) is 9.54. The lowest BCUT2D eigenvalue weighted by Crippen LogP contribution is -2.31. The first kappa shape index (κ1) is 23.7. The molecule has 7 nitrogen and oxygen atoms in total. The van der Waals surface area contributed by atoms with Crippen LogP contribution in [0.4, 0.5) is 11.4 Å². The number of carbonyl (C=O) groups excluding carboxylic acids is 2. The van der Waals surface area contributed by atoms with Crippen molar-refractivity contribution in [3.63, 3.8) is 0 Å². The van der Waals surface area contributed by atoms with Crippen LogP contribution in [0.1, 0.15) is 22.3 Å². The largest absolute Gasteiger partial charge is 0.454 e. The van der Waals surface area contributed by atoms with E-state index in [0.717, 1.165) is 27.9 Å². The number of rotatable bonds is 5. The van der Waals surface area contributed by atoms with Crippen LogP contribution in [-0.4, -0.2) is 29.5 Å². The number of thioether (sulfide) groups is 1. The molecule has 0 aromatic heterocycles. The molecule has 0 aliphatic carbocycles. The maximum atomic E-state index is 13.4. The van der Waals surface area contributed by atoms with Gasteiger partial charge in [0.2, 0.25) is 12.7 Å². The molecule has 2 aliphatic rings. The smallest absolute Gasteiger partial charge is 0.283 e. The SMILES string of the molecule is Cc1ccc(N2C(=O)/C(=C/c3ccc4c(c3)OCO4)N=C2SCC(=O)Nc2cccc(C)c2C)cc1. The highest BCUT2D eigenvalue weighted by Gasteiger charge is 2.32. The van der Waals surface area contributed by atoms with Gasteiger partial charge in [0.15, 0.2) is 16.7 Å². The molecule has 0 radical (unpaired) electrons. The van der Waals surface area contributed by atoms with E-state index in [2.05, 4.69) is 10.3 Å². The number of hydrogen-bond acceptors (Lipinski definition) is 6. The lowest BCUT2D eigenvalue weighted by molar-refractivity contribution is -0.114. The average molecular weight is 500 g/mol. The molecule has 0 saturated carbocycles. The third kappa shape index (κ3) is 4.85. The number of amidine groups is 1. The van der Waals surface area contributed by atoms with Gasteiger partial charge in [-0.3, -0.25) is 14.5 Å². The quantitative estimate of drug-likeness (QED) is 0.472. The van der Waals surface area contributed by atoms with Gasteiger partial charge in [-0.1, -0.05) is 47.7 Å². The summed E-state index contributed by atoms with van der Waals surface area (Å²) in [5.74, 6) is 0.992. The third-order valence-corrected chi connectivity index (χ3v) is 6.97. The fourth-order valence-electron chi connectivity index (χ4n) is 3.88. The molecule has 2 amide bonds. The van der Waals surface area contributed by atoms with Crippen molar-refractivity contribution in [3.8, 4) is 11.5 Å². The third-order valence-electron chi connectivity index (χ3n) is 6.03. The summed E-state index contributed by atoms with van der Waals surface area (Å²) in [6.45, 7) is 6.15. The number of aliphatic imine (C=N–C) groups is 1. The molecule has 1 N–H and O–H groups in total. The molecule has 0 saturated heterocycles. The molecular formula is C28H25N3O4S. The Bertz CT molecular complexity index is 1410. The number of benzene rings is 3. The summed E-state index contributed by atoms with van der Waals surface area (Å²) >= 11 is 1.22. The summed E-state index contributed by atoms with van der Waals surface area (Å²) in [5.41, 5.74) is 5.75. The van der Waals surface area contributed by atoms with Crippen molar-refractivity contribution in [2.75, 3.05) is 22.8 Å². The van der Waals surface area contributed by atoms with Gasteiger partial charge in [-0.15, -0.1) is 0 Å². The molecule has 182 valence electrons. The molecule has 2 heterocycles. The van der Waals surface area contributed by atoms with Gasteiger partial charge in [-0.25, -0.2) is 4.99 Å². The number of nitrogens with one attached hydrogen (secondary N) is 1. The van der Waals surface area contributed by atoms with Gasteiger partial charge >= 0.3 is 0 Å². The average Bonchev–Trinajstić information content (AvgIpc) is 3.45. The molecule has 2 aliphatic heterocycles. The molecule has 0 fully saturated rings. The second kappa shape index (κ2) is 9.91. The molecule has 0 spiro atoms. The summed E-state index contributed by atoms with van der Waals surface area (Å²) in [4.78, 5) is 32.3. The zero-order valence-corrected chi connectivity index (χ0v) is 21.0. The predicted molar refractivity (Wildman–Crippen MR) is 144 cm³/mol. The molecule has 5 rings (SSSR count). The molecule has 3 aromatic rings. The first-order chi connectivity index (χ1) is 17.4. The van der Waals surface area contributed by atoms with E-state index in [9.17, 15) is 9.59 Å². The van der Waals surface area contributed by atoms with Crippen LogP contribution < -0.4 is 19.7 Å². The van der Waals surface area contributed by atoms with Crippen molar-refractivity contribution in [2.45, 2.75) is 20.8 Å². The maximum absolute atomic E-state index is 13.4. The molecular weight excluding hydrogens is 474 g/mol. The van der Waals surface area contributed by atoms with E-state index in [-0.39, 0.29) is 30.1 Å². The summed E-state index contributed by atoms with van der Waals surface area (Å²) in [7, 11) is 0. The number of ether oxygens (including phenoxy) is 2. The number of carbonyl (C=O) groups is 2. The molecule has 0 bridgehead atoms.